The Morgan fingerprint density at radius 2 is 2.03 bits per heavy atom. The number of ether oxygens (including phenoxy) is 1. The number of benzene rings is 2. The van der Waals surface area contributed by atoms with Gasteiger partial charge in [0.05, 0.1) is 11.3 Å². The van der Waals surface area contributed by atoms with E-state index < -0.39 is 11.7 Å². The number of anilines is 1. The zero-order valence-corrected chi connectivity index (χ0v) is 16.6. The molecule has 0 saturated carbocycles. The number of ketones is 1. The Labute approximate surface area is 175 Å². The fraction of sp³-hybridized carbons (Fsp3) is 0.105. The van der Waals surface area contributed by atoms with Crippen LogP contribution < -0.4 is 15.8 Å². The molecular formula is C19H15Cl2FN4O3. The van der Waals surface area contributed by atoms with Gasteiger partial charge in [0.1, 0.15) is 10.9 Å². The highest BCUT2D eigenvalue weighted by molar-refractivity contribution is 6.32. The Morgan fingerprint density at radius 1 is 1.28 bits per heavy atom. The Morgan fingerprint density at radius 3 is 2.69 bits per heavy atom. The zero-order valence-electron chi connectivity index (χ0n) is 15.1. The number of H-pyrrole nitrogens is 1. The molecule has 150 valence electrons. The molecule has 0 fully saturated rings. The predicted octanol–water partition coefficient (Wildman–Crippen LogP) is 4.36. The van der Waals surface area contributed by atoms with Crippen molar-refractivity contribution < 1.29 is 18.7 Å². The van der Waals surface area contributed by atoms with Crippen LogP contribution in [0, 0.1) is 5.82 Å². The van der Waals surface area contributed by atoms with Crippen LogP contribution in [0.5, 0.6) is 11.5 Å². The fourth-order valence-corrected chi connectivity index (χ4v) is 2.87. The monoisotopic (exact) mass is 436 g/mol. The zero-order chi connectivity index (χ0) is 21.1. The molecule has 0 aliphatic heterocycles. The van der Waals surface area contributed by atoms with E-state index in [0.29, 0.717) is 5.56 Å². The molecule has 3 aromatic rings. The van der Waals surface area contributed by atoms with Gasteiger partial charge in [-0.05, 0) is 25.1 Å². The van der Waals surface area contributed by atoms with Crippen molar-refractivity contribution in [3.8, 4) is 11.5 Å². The van der Waals surface area contributed by atoms with E-state index >= 15 is 0 Å². The molecule has 0 atom stereocenters. The van der Waals surface area contributed by atoms with Crippen LogP contribution in [0.2, 0.25) is 10.2 Å². The SMILES string of the molecule is CC(=O)c1cc(N)cc(Oc2c(Cl)ccc(CNC(=O)c3nc[nH]c3Cl)c2F)c1. The van der Waals surface area contributed by atoms with Crippen LogP contribution in [0.4, 0.5) is 10.1 Å². The van der Waals surface area contributed by atoms with Gasteiger partial charge < -0.3 is 20.8 Å². The number of nitrogens with one attached hydrogen (secondary N) is 2. The summed E-state index contributed by atoms with van der Waals surface area (Å²) in [7, 11) is 0. The maximum Gasteiger partial charge on any atom is 0.273 e. The van der Waals surface area contributed by atoms with Crippen molar-refractivity contribution in [2.45, 2.75) is 13.5 Å². The molecule has 1 heterocycles. The second kappa shape index (κ2) is 8.50. The smallest absolute Gasteiger partial charge is 0.273 e. The lowest BCUT2D eigenvalue weighted by Crippen LogP contribution is -2.24. The van der Waals surface area contributed by atoms with E-state index in [2.05, 4.69) is 15.3 Å². The van der Waals surface area contributed by atoms with E-state index in [4.69, 9.17) is 33.7 Å². The van der Waals surface area contributed by atoms with Crippen molar-refractivity contribution in [2.24, 2.45) is 0 Å². The molecule has 2 aromatic carbocycles. The quantitative estimate of drug-likeness (QED) is 0.392. The number of rotatable bonds is 6. The summed E-state index contributed by atoms with van der Waals surface area (Å²) >= 11 is 11.9. The molecule has 10 heteroatoms. The topological polar surface area (TPSA) is 110 Å². The summed E-state index contributed by atoms with van der Waals surface area (Å²) in [5.74, 6) is -1.66. The average Bonchev–Trinajstić information content (AvgIpc) is 3.10. The molecule has 0 unspecified atom stereocenters. The predicted molar refractivity (Wildman–Crippen MR) is 107 cm³/mol. The van der Waals surface area contributed by atoms with Crippen molar-refractivity contribution in [1.29, 1.82) is 0 Å². The van der Waals surface area contributed by atoms with Crippen molar-refractivity contribution in [2.75, 3.05) is 5.73 Å². The van der Waals surface area contributed by atoms with Crippen molar-refractivity contribution in [1.82, 2.24) is 15.3 Å². The number of Topliss-reactive ketones (excluding diaryl/α,β-unsaturated/α-hetero) is 1. The van der Waals surface area contributed by atoms with E-state index in [1.165, 1.54) is 43.6 Å². The summed E-state index contributed by atoms with van der Waals surface area (Å²) in [5.41, 5.74) is 6.49. The molecule has 4 N–H and O–H groups in total. The first kappa shape index (κ1) is 20.6. The van der Waals surface area contributed by atoms with E-state index in [1.807, 2.05) is 0 Å². The number of hydrogen-bond acceptors (Lipinski definition) is 5. The minimum absolute atomic E-state index is 0.00552. The van der Waals surface area contributed by atoms with Crippen LogP contribution in [0.3, 0.4) is 0 Å². The molecule has 0 aliphatic carbocycles. The minimum atomic E-state index is -0.766. The summed E-state index contributed by atoms with van der Waals surface area (Å²) in [5, 5.41) is 2.61. The molecule has 29 heavy (non-hydrogen) atoms. The third kappa shape index (κ3) is 4.67. The van der Waals surface area contributed by atoms with Crippen molar-refractivity contribution in [3.05, 3.63) is 69.5 Å². The molecule has 0 spiro atoms. The Balaban J connectivity index is 1.83. The van der Waals surface area contributed by atoms with Crippen LogP contribution in [-0.2, 0) is 6.54 Å². The second-order valence-electron chi connectivity index (χ2n) is 6.05. The third-order valence-electron chi connectivity index (χ3n) is 3.93. The molecule has 1 aromatic heterocycles. The number of carbonyl (C=O) groups is 2. The highest BCUT2D eigenvalue weighted by Crippen LogP contribution is 2.35. The number of hydrogen-bond donors (Lipinski definition) is 3. The molecule has 7 nitrogen and oxygen atoms in total. The maximum absolute atomic E-state index is 14.9. The van der Waals surface area contributed by atoms with E-state index in [1.54, 1.807) is 0 Å². The lowest BCUT2D eigenvalue weighted by atomic mass is 10.1. The number of halogens is 3. The lowest BCUT2D eigenvalue weighted by molar-refractivity contribution is 0.0945. The van der Waals surface area contributed by atoms with Crippen molar-refractivity contribution >= 4 is 40.6 Å². The first-order chi connectivity index (χ1) is 13.8. The van der Waals surface area contributed by atoms with Gasteiger partial charge in [-0.1, -0.05) is 29.3 Å². The molecule has 0 radical (unpaired) electrons. The largest absolute Gasteiger partial charge is 0.453 e. The van der Waals surface area contributed by atoms with Gasteiger partial charge in [-0.15, -0.1) is 0 Å². The number of nitrogen functional groups attached to an aromatic ring is 1. The van der Waals surface area contributed by atoms with Gasteiger partial charge in [-0.3, -0.25) is 9.59 Å². The molecular weight excluding hydrogens is 422 g/mol. The number of nitrogens with two attached hydrogens (primary N) is 1. The number of aromatic nitrogens is 2. The van der Waals surface area contributed by atoms with Crippen LogP contribution in [-0.4, -0.2) is 21.7 Å². The highest BCUT2D eigenvalue weighted by atomic mass is 35.5. The van der Waals surface area contributed by atoms with E-state index in [9.17, 15) is 14.0 Å². The number of amides is 1. The summed E-state index contributed by atoms with van der Waals surface area (Å²) < 4.78 is 20.5. The molecule has 1 amide bonds. The summed E-state index contributed by atoms with van der Waals surface area (Å²) in [4.78, 5) is 30.0. The van der Waals surface area contributed by atoms with Gasteiger partial charge in [0.2, 0.25) is 0 Å². The normalized spacial score (nSPS) is 10.6. The minimum Gasteiger partial charge on any atom is -0.453 e. The maximum atomic E-state index is 14.9. The van der Waals surface area contributed by atoms with Gasteiger partial charge in [-0.2, -0.15) is 0 Å². The first-order valence-corrected chi connectivity index (χ1v) is 9.05. The lowest BCUT2D eigenvalue weighted by Gasteiger charge is -2.13. The number of imidazole rings is 1. The Kier molecular flexibility index (Phi) is 6.05. The van der Waals surface area contributed by atoms with Crippen LogP contribution in [0.15, 0.2) is 36.7 Å². The number of carbonyl (C=O) groups excluding carboxylic acids is 2. The molecule has 0 bridgehead atoms. The van der Waals surface area contributed by atoms with Crippen LogP contribution in [0.25, 0.3) is 0 Å². The Hall–Kier alpha value is -3.10. The van der Waals surface area contributed by atoms with Gasteiger partial charge in [-0.25, -0.2) is 9.37 Å². The van der Waals surface area contributed by atoms with Crippen LogP contribution >= 0.6 is 23.2 Å². The molecule has 0 saturated heterocycles. The molecule has 3 rings (SSSR count). The summed E-state index contributed by atoms with van der Waals surface area (Å²) in [6, 6.07) is 7.20. The summed E-state index contributed by atoms with van der Waals surface area (Å²) in [6.07, 6.45) is 1.27. The summed E-state index contributed by atoms with van der Waals surface area (Å²) in [6.45, 7) is 1.22. The first-order valence-electron chi connectivity index (χ1n) is 8.29. The van der Waals surface area contributed by atoms with Crippen LogP contribution in [0.1, 0.15) is 33.3 Å². The number of aromatic amines is 1. The van der Waals surface area contributed by atoms with Gasteiger partial charge in [0, 0.05) is 29.4 Å². The van der Waals surface area contributed by atoms with Crippen molar-refractivity contribution in [3.63, 3.8) is 0 Å². The van der Waals surface area contributed by atoms with Gasteiger partial charge >= 0.3 is 0 Å². The standard InChI is InChI=1S/C19H15Cl2FN4O3/c1-9(27)11-4-12(23)6-13(5-11)29-17-14(20)3-2-10(15(17)22)7-24-19(28)16-18(21)26-8-25-16/h2-6,8H,7,23H2,1H3,(H,24,28)(H,25,26). The van der Waals surface area contributed by atoms with E-state index in [-0.39, 0.29) is 50.9 Å². The second-order valence-corrected chi connectivity index (χ2v) is 6.83. The Bertz CT molecular complexity index is 1100. The van der Waals surface area contributed by atoms with Gasteiger partial charge in [0.25, 0.3) is 5.91 Å². The molecule has 0 aliphatic rings. The number of nitrogens with zero attached hydrogens (tertiary/aromatic N) is 1. The third-order valence-corrected chi connectivity index (χ3v) is 4.52. The van der Waals surface area contributed by atoms with Gasteiger partial charge in [0.15, 0.2) is 23.0 Å². The fourth-order valence-electron chi connectivity index (χ4n) is 2.50. The average molecular weight is 437 g/mol. The van der Waals surface area contributed by atoms with E-state index in [0.717, 1.165) is 0 Å². The highest BCUT2D eigenvalue weighted by Gasteiger charge is 2.18.